The quantitative estimate of drug-likeness (QED) is 0.321. The summed E-state index contributed by atoms with van der Waals surface area (Å²) in [5.41, 5.74) is 0. The van der Waals surface area contributed by atoms with Crippen LogP contribution >= 0.6 is 11.6 Å². The highest BCUT2D eigenvalue weighted by molar-refractivity contribution is 6.17. The molecule has 100 valence electrons. The molecule has 0 radical (unpaired) electrons. The average Bonchev–Trinajstić information content (AvgIpc) is 2.20. The minimum Gasteiger partial charge on any atom is -1.00 e. The number of rotatable bonds is 10. The molecule has 3 heteroatoms. The van der Waals surface area contributed by atoms with Crippen LogP contribution in [0.5, 0.6) is 0 Å². The minimum absolute atomic E-state index is 0. The Labute approximate surface area is 118 Å². The largest absolute Gasteiger partial charge is 1.00 e. The lowest BCUT2D eigenvalue weighted by Gasteiger charge is -2.29. The third kappa shape index (κ3) is 12.8. The van der Waals surface area contributed by atoms with Crippen LogP contribution in [-0.4, -0.2) is 37.5 Å². The predicted octanol–water partition coefficient (Wildman–Crippen LogP) is 1.06. The van der Waals surface area contributed by atoms with Crippen molar-refractivity contribution in [2.45, 2.75) is 51.9 Å². The third-order valence-corrected chi connectivity index (χ3v) is 3.28. The first-order valence-electron chi connectivity index (χ1n) is 6.50. The lowest BCUT2D eigenvalue weighted by molar-refractivity contribution is -0.890. The normalized spacial score (nSPS) is 11.2. The predicted molar refractivity (Wildman–Crippen MR) is 70.6 cm³/mol. The zero-order chi connectivity index (χ0) is 11.6. The van der Waals surface area contributed by atoms with Crippen LogP contribution < -0.4 is 17.0 Å². The Balaban J connectivity index is 0. The van der Waals surface area contributed by atoms with Gasteiger partial charge in [0.2, 0.25) is 0 Å². The van der Waals surface area contributed by atoms with E-state index >= 15 is 0 Å². The fourth-order valence-electron chi connectivity index (χ4n) is 1.92. The van der Waals surface area contributed by atoms with Gasteiger partial charge in [-0.05, 0) is 12.8 Å². The Morgan fingerprint density at radius 1 is 0.812 bits per heavy atom. The highest BCUT2D eigenvalue weighted by Gasteiger charge is 2.12. The molecule has 0 aromatic heterocycles. The Bertz CT molecular complexity index is 140. The molecule has 0 aromatic rings. The topological polar surface area (TPSA) is 0 Å². The van der Waals surface area contributed by atoms with Gasteiger partial charge in [-0.1, -0.05) is 32.6 Å². The van der Waals surface area contributed by atoms with Gasteiger partial charge in [-0.15, -0.1) is 11.6 Å². The van der Waals surface area contributed by atoms with Gasteiger partial charge >= 0.3 is 0 Å². The fourth-order valence-corrected chi connectivity index (χ4v) is 2.04. The first-order chi connectivity index (χ1) is 7.12. The second-order valence-corrected chi connectivity index (χ2v) is 5.57. The maximum atomic E-state index is 5.72. The maximum Gasteiger partial charge on any atom is 0.0794 e. The summed E-state index contributed by atoms with van der Waals surface area (Å²) in [6.07, 6.45) is 9.52. The molecule has 0 bridgehead atoms. The zero-order valence-corrected chi connectivity index (χ0v) is 13.6. The third-order valence-electron chi connectivity index (χ3n) is 3.01. The van der Waals surface area contributed by atoms with Crippen LogP contribution in [0.4, 0.5) is 0 Å². The SMILES string of the molecule is CCCCCCCC[N+](C)(C)CCCCl.[Br-]. The Kier molecular flexibility index (Phi) is 14.5. The van der Waals surface area contributed by atoms with Crippen LogP contribution in [0.1, 0.15) is 51.9 Å². The van der Waals surface area contributed by atoms with Gasteiger partial charge in [0.1, 0.15) is 0 Å². The number of quaternary nitrogens is 1. The summed E-state index contributed by atoms with van der Waals surface area (Å²) in [4.78, 5) is 0. The molecule has 0 aliphatic carbocycles. The zero-order valence-electron chi connectivity index (χ0n) is 11.3. The standard InChI is InChI=1S/C13H29ClN.BrH/c1-4-5-6-7-8-9-12-15(2,3)13-10-11-14;/h4-13H2,1-3H3;1H/q+1;/p-1. The van der Waals surface area contributed by atoms with Crippen LogP contribution in [-0.2, 0) is 0 Å². The smallest absolute Gasteiger partial charge is 0.0794 e. The van der Waals surface area contributed by atoms with Crippen LogP contribution in [0.3, 0.4) is 0 Å². The van der Waals surface area contributed by atoms with Crippen LogP contribution in [0.15, 0.2) is 0 Å². The Hall–Kier alpha value is 0.730. The van der Waals surface area contributed by atoms with E-state index in [0.717, 1.165) is 16.8 Å². The highest BCUT2D eigenvalue weighted by Crippen LogP contribution is 2.08. The van der Waals surface area contributed by atoms with Crippen molar-refractivity contribution >= 4 is 11.6 Å². The van der Waals surface area contributed by atoms with Gasteiger partial charge in [0, 0.05) is 12.3 Å². The van der Waals surface area contributed by atoms with Crippen molar-refractivity contribution in [2.75, 3.05) is 33.1 Å². The van der Waals surface area contributed by atoms with Crippen LogP contribution in [0.2, 0.25) is 0 Å². The van der Waals surface area contributed by atoms with Gasteiger partial charge in [-0.25, -0.2) is 0 Å². The summed E-state index contributed by atoms with van der Waals surface area (Å²) in [7, 11) is 4.64. The van der Waals surface area contributed by atoms with E-state index in [4.69, 9.17) is 11.6 Å². The van der Waals surface area contributed by atoms with Gasteiger partial charge in [-0.3, -0.25) is 0 Å². The van der Waals surface area contributed by atoms with E-state index in [0.29, 0.717) is 0 Å². The van der Waals surface area contributed by atoms with Crippen molar-refractivity contribution in [2.24, 2.45) is 0 Å². The molecule has 0 unspecified atom stereocenters. The van der Waals surface area contributed by atoms with Crippen molar-refractivity contribution in [3.63, 3.8) is 0 Å². The maximum absolute atomic E-state index is 5.72. The summed E-state index contributed by atoms with van der Waals surface area (Å²) in [6.45, 7) is 4.80. The summed E-state index contributed by atoms with van der Waals surface area (Å²) >= 11 is 5.72. The molecule has 0 rings (SSSR count). The Morgan fingerprint density at radius 2 is 1.31 bits per heavy atom. The van der Waals surface area contributed by atoms with E-state index in [2.05, 4.69) is 21.0 Å². The molecule has 0 saturated heterocycles. The first kappa shape index (κ1) is 19.1. The van der Waals surface area contributed by atoms with Crippen molar-refractivity contribution in [1.29, 1.82) is 0 Å². The van der Waals surface area contributed by atoms with Crippen molar-refractivity contribution in [3.8, 4) is 0 Å². The van der Waals surface area contributed by atoms with Crippen molar-refractivity contribution in [3.05, 3.63) is 0 Å². The van der Waals surface area contributed by atoms with Gasteiger partial charge in [-0.2, -0.15) is 0 Å². The summed E-state index contributed by atoms with van der Waals surface area (Å²) in [6, 6.07) is 0. The van der Waals surface area contributed by atoms with Gasteiger partial charge in [0.25, 0.3) is 0 Å². The molecule has 0 spiro atoms. The molecule has 0 fully saturated rings. The number of unbranched alkanes of at least 4 members (excludes halogenated alkanes) is 5. The lowest BCUT2D eigenvalue weighted by atomic mass is 10.1. The van der Waals surface area contributed by atoms with Crippen molar-refractivity contribution in [1.82, 2.24) is 0 Å². The van der Waals surface area contributed by atoms with Crippen molar-refractivity contribution < 1.29 is 21.5 Å². The fraction of sp³-hybridized carbons (Fsp3) is 1.00. The first-order valence-corrected chi connectivity index (χ1v) is 7.04. The van der Waals surface area contributed by atoms with Crippen LogP contribution in [0.25, 0.3) is 0 Å². The Morgan fingerprint density at radius 3 is 1.88 bits per heavy atom. The molecule has 1 nitrogen and oxygen atoms in total. The second-order valence-electron chi connectivity index (χ2n) is 5.19. The molecular formula is C13H29BrClN. The van der Waals surface area contributed by atoms with Gasteiger partial charge in [0.05, 0.1) is 27.2 Å². The molecular weight excluding hydrogens is 286 g/mol. The van der Waals surface area contributed by atoms with E-state index < -0.39 is 0 Å². The van der Waals surface area contributed by atoms with E-state index in [1.54, 1.807) is 0 Å². The molecule has 0 amide bonds. The molecule has 16 heavy (non-hydrogen) atoms. The highest BCUT2D eigenvalue weighted by atomic mass is 79.9. The lowest BCUT2D eigenvalue weighted by Crippen LogP contribution is -3.00. The summed E-state index contributed by atoms with van der Waals surface area (Å²) in [5, 5.41) is 0. The molecule has 0 aliphatic heterocycles. The molecule has 0 heterocycles. The average molecular weight is 315 g/mol. The molecule has 0 atom stereocenters. The summed E-state index contributed by atoms with van der Waals surface area (Å²) < 4.78 is 1.14. The molecule has 0 saturated carbocycles. The number of halogens is 2. The number of hydrogen-bond donors (Lipinski definition) is 0. The monoisotopic (exact) mass is 313 g/mol. The van der Waals surface area contributed by atoms with E-state index in [1.165, 1.54) is 51.6 Å². The van der Waals surface area contributed by atoms with E-state index in [9.17, 15) is 0 Å². The molecule has 0 aliphatic rings. The van der Waals surface area contributed by atoms with Gasteiger partial charge < -0.3 is 21.5 Å². The number of alkyl halides is 1. The van der Waals surface area contributed by atoms with Gasteiger partial charge in [0.15, 0.2) is 0 Å². The number of hydrogen-bond acceptors (Lipinski definition) is 0. The second kappa shape index (κ2) is 12.2. The van der Waals surface area contributed by atoms with Crippen LogP contribution in [0, 0.1) is 0 Å². The van der Waals surface area contributed by atoms with E-state index in [1.807, 2.05) is 0 Å². The molecule has 0 N–H and O–H groups in total. The number of nitrogens with zero attached hydrogens (tertiary/aromatic N) is 1. The summed E-state index contributed by atoms with van der Waals surface area (Å²) in [5.74, 6) is 0.804. The van der Waals surface area contributed by atoms with E-state index in [-0.39, 0.29) is 17.0 Å². The minimum atomic E-state index is 0. The molecule has 0 aromatic carbocycles.